The summed E-state index contributed by atoms with van der Waals surface area (Å²) in [6, 6.07) is 49.5. The molecule has 0 unspecified atom stereocenters. The van der Waals surface area contributed by atoms with Crippen molar-refractivity contribution in [3.63, 3.8) is 0 Å². The smallest absolute Gasteiger partial charge is 0.164 e. The minimum absolute atomic E-state index is 0.621. The molecule has 0 aliphatic heterocycles. The Morgan fingerprint density at radius 2 is 1.02 bits per heavy atom. The van der Waals surface area contributed by atoms with Crippen molar-refractivity contribution in [3.05, 3.63) is 157 Å². The molecule has 220 valence electrons. The number of hydrazine groups is 1. The van der Waals surface area contributed by atoms with Crippen molar-refractivity contribution < 1.29 is 0 Å². The number of nitrogens with one attached hydrogen (secondary N) is 2. The fourth-order valence-electron chi connectivity index (χ4n) is 5.69. The molecule has 1 aromatic heterocycles. The molecule has 0 aliphatic carbocycles. The molecule has 0 spiro atoms. The highest BCUT2D eigenvalue weighted by molar-refractivity contribution is 6.09. The number of rotatable bonds is 8. The molecule has 0 atom stereocenters. The van der Waals surface area contributed by atoms with Crippen LogP contribution in [0.15, 0.2) is 152 Å². The summed E-state index contributed by atoms with van der Waals surface area (Å²) in [6.45, 7) is 0. The third kappa shape index (κ3) is 5.68. The van der Waals surface area contributed by atoms with Gasteiger partial charge in [0, 0.05) is 34.7 Å². The maximum Gasteiger partial charge on any atom is 0.164 e. The first kappa shape index (κ1) is 28.5. The molecule has 6 nitrogen and oxygen atoms in total. The third-order valence-electron chi connectivity index (χ3n) is 7.98. The second-order valence-corrected chi connectivity index (χ2v) is 10.8. The summed E-state index contributed by atoms with van der Waals surface area (Å²) in [5.74, 6) is 7.38. The lowest BCUT2D eigenvalue weighted by Crippen LogP contribution is -2.14. The van der Waals surface area contributed by atoms with Gasteiger partial charge in [0.15, 0.2) is 17.5 Å². The van der Waals surface area contributed by atoms with Crippen LogP contribution in [0.25, 0.3) is 72.8 Å². The summed E-state index contributed by atoms with van der Waals surface area (Å²) in [7, 11) is 0. The van der Waals surface area contributed by atoms with Gasteiger partial charge < -0.3 is 10.8 Å². The molecule has 1 heterocycles. The zero-order chi connectivity index (χ0) is 31.3. The van der Waals surface area contributed by atoms with Gasteiger partial charge in [0.05, 0.1) is 0 Å². The molecule has 0 bridgehead atoms. The molecule has 4 N–H and O–H groups in total. The highest BCUT2D eigenvalue weighted by atomic mass is 15.2. The van der Waals surface area contributed by atoms with Gasteiger partial charge >= 0.3 is 0 Å². The van der Waals surface area contributed by atoms with Crippen molar-refractivity contribution in [3.8, 4) is 56.4 Å². The maximum atomic E-state index is 7.76. The first-order valence-electron chi connectivity index (χ1n) is 15.0. The van der Waals surface area contributed by atoms with Crippen molar-refractivity contribution in [2.24, 2.45) is 5.84 Å². The lowest BCUT2D eigenvalue weighted by Gasteiger charge is -2.15. The molecular formula is C40H30N6. The fraction of sp³-hybridized carbons (Fsp3) is 0. The van der Waals surface area contributed by atoms with Crippen LogP contribution in [-0.4, -0.2) is 21.2 Å². The predicted octanol–water partition coefficient (Wildman–Crippen LogP) is 8.81. The quantitative estimate of drug-likeness (QED) is 0.0927. The van der Waals surface area contributed by atoms with Gasteiger partial charge in [-0.1, -0.05) is 146 Å². The van der Waals surface area contributed by atoms with Gasteiger partial charge in [0.2, 0.25) is 0 Å². The Labute approximate surface area is 267 Å². The molecule has 0 fully saturated rings. The Kier molecular flexibility index (Phi) is 7.93. The van der Waals surface area contributed by atoms with Crippen LogP contribution in [-0.2, 0) is 0 Å². The number of hydrogen-bond acceptors (Lipinski definition) is 6. The Morgan fingerprint density at radius 3 is 1.59 bits per heavy atom. The van der Waals surface area contributed by atoms with Crippen LogP contribution in [0, 0.1) is 5.41 Å². The second-order valence-electron chi connectivity index (χ2n) is 10.8. The van der Waals surface area contributed by atoms with E-state index in [4.69, 9.17) is 26.2 Å². The molecule has 7 rings (SSSR count). The van der Waals surface area contributed by atoms with E-state index in [0.29, 0.717) is 23.0 Å². The van der Waals surface area contributed by atoms with E-state index in [2.05, 4.69) is 78.2 Å². The first-order valence-corrected chi connectivity index (χ1v) is 15.0. The van der Waals surface area contributed by atoms with E-state index >= 15 is 0 Å². The lowest BCUT2D eigenvalue weighted by molar-refractivity contribution is 0.972. The van der Waals surface area contributed by atoms with Crippen LogP contribution < -0.4 is 11.3 Å². The van der Waals surface area contributed by atoms with Crippen LogP contribution in [0.4, 0.5) is 0 Å². The van der Waals surface area contributed by atoms with Gasteiger partial charge in [-0.3, -0.25) is 5.84 Å². The Balaban J connectivity index is 1.32. The number of hydrogen-bond donors (Lipinski definition) is 3. The van der Waals surface area contributed by atoms with E-state index in [-0.39, 0.29) is 0 Å². The minimum Gasteiger partial charge on any atom is -0.331 e. The monoisotopic (exact) mass is 594 g/mol. The molecule has 7 aromatic rings. The second kappa shape index (κ2) is 12.8. The van der Waals surface area contributed by atoms with Crippen LogP contribution in [0.2, 0.25) is 0 Å². The van der Waals surface area contributed by atoms with Crippen molar-refractivity contribution in [1.82, 2.24) is 20.4 Å². The van der Waals surface area contributed by atoms with E-state index in [9.17, 15) is 0 Å². The summed E-state index contributed by atoms with van der Waals surface area (Å²) in [5.41, 5.74) is 11.4. The molecule has 46 heavy (non-hydrogen) atoms. The predicted molar refractivity (Wildman–Crippen MR) is 189 cm³/mol. The number of benzene rings is 6. The summed E-state index contributed by atoms with van der Waals surface area (Å²) < 4.78 is 0. The van der Waals surface area contributed by atoms with E-state index in [0.717, 1.165) is 44.5 Å². The molecule has 0 radical (unpaired) electrons. The fourth-order valence-corrected chi connectivity index (χ4v) is 5.69. The highest BCUT2D eigenvalue weighted by Gasteiger charge is 2.15. The largest absolute Gasteiger partial charge is 0.331 e. The molecule has 6 heteroatoms. The average Bonchev–Trinajstić information content (AvgIpc) is 3.14. The topological polar surface area (TPSA) is 101 Å². The van der Waals surface area contributed by atoms with Gasteiger partial charge in [-0.2, -0.15) is 0 Å². The van der Waals surface area contributed by atoms with E-state index in [1.54, 1.807) is 6.20 Å². The number of nitrogens with zero attached hydrogens (tertiary/aromatic N) is 3. The molecule has 0 saturated carbocycles. The number of nitrogens with two attached hydrogens (primary N) is 1. The maximum absolute atomic E-state index is 7.76. The number of allylic oxidation sites excluding steroid dienone is 1. The number of fused-ring (bicyclic) bond motifs is 1. The van der Waals surface area contributed by atoms with Gasteiger partial charge in [-0.15, -0.1) is 0 Å². The van der Waals surface area contributed by atoms with E-state index in [1.165, 1.54) is 17.0 Å². The van der Waals surface area contributed by atoms with Crippen molar-refractivity contribution in [1.29, 1.82) is 5.41 Å². The summed E-state index contributed by atoms with van der Waals surface area (Å²) >= 11 is 0. The summed E-state index contributed by atoms with van der Waals surface area (Å²) in [5, 5.41) is 10.1. The van der Waals surface area contributed by atoms with Crippen molar-refractivity contribution in [2.45, 2.75) is 0 Å². The Hall–Kier alpha value is -6.24. The van der Waals surface area contributed by atoms with E-state index in [1.807, 2.05) is 72.8 Å². The minimum atomic E-state index is 0.621. The standard InChI is InChI=1S/C40H30N6/c41-25-34(26-43-42)27-15-19-30(20-16-27)37-35-14-8-7-9-28(35)23-24-36(37)29-17-21-33(22-18-29)40-45-38(31-10-3-1-4-11-31)44-39(46-40)32-12-5-2-6-13-32/h1-26,41,43H,42H2/b34-26+,41-25?. The molecule has 0 saturated heterocycles. The highest BCUT2D eigenvalue weighted by Crippen LogP contribution is 2.39. The molecular weight excluding hydrogens is 564 g/mol. The lowest BCUT2D eigenvalue weighted by atomic mass is 9.89. The zero-order valence-electron chi connectivity index (χ0n) is 24.9. The number of aromatic nitrogens is 3. The van der Waals surface area contributed by atoms with Gasteiger partial charge in [0.25, 0.3) is 0 Å². The molecule has 6 aromatic carbocycles. The van der Waals surface area contributed by atoms with Crippen molar-refractivity contribution >= 4 is 22.6 Å². The average molecular weight is 595 g/mol. The van der Waals surface area contributed by atoms with Crippen molar-refractivity contribution in [2.75, 3.05) is 0 Å². The Bertz CT molecular complexity index is 2120. The first-order chi connectivity index (χ1) is 22.7. The van der Waals surface area contributed by atoms with Crippen LogP contribution in [0.5, 0.6) is 0 Å². The summed E-state index contributed by atoms with van der Waals surface area (Å²) in [6.07, 6.45) is 2.91. The van der Waals surface area contributed by atoms with Crippen LogP contribution >= 0.6 is 0 Å². The molecule has 0 aliphatic rings. The SMILES string of the molecule is N=C/C(=C\NN)c1ccc(-c2c(-c3ccc(-c4nc(-c5ccccc5)nc(-c5ccccc5)n4)cc3)ccc3ccccc23)cc1. The normalized spacial score (nSPS) is 11.4. The summed E-state index contributed by atoms with van der Waals surface area (Å²) in [4.78, 5) is 14.6. The zero-order valence-corrected chi connectivity index (χ0v) is 24.9. The van der Waals surface area contributed by atoms with E-state index < -0.39 is 0 Å². The van der Waals surface area contributed by atoms with Crippen LogP contribution in [0.3, 0.4) is 0 Å². The molecule has 0 amide bonds. The Morgan fingerprint density at radius 1 is 0.522 bits per heavy atom. The third-order valence-corrected chi connectivity index (χ3v) is 7.98. The van der Waals surface area contributed by atoms with Gasteiger partial charge in [-0.25, -0.2) is 15.0 Å². The van der Waals surface area contributed by atoms with Gasteiger partial charge in [0.1, 0.15) is 0 Å². The van der Waals surface area contributed by atoms with Gasteiger partial charge in [-0.05, 0) is 38.6 Å². The van der Waals surface area contributed by atoms with Crippen LogP contribution in [0.1, 0.15) is 5.56 Å².